The van der Waals surface area contributed by atoms with Crippen molar-refractivity contribution in [1.29, 1.82) is 0 Å². The Kier molecular flexibility index (Phi) is 6.01. The molecule has 1 unspecified atom stereocenters. The normalized spacial score (nSPS) is 17.0. The lowest BCUT2D eigenvalue weighted by Gasteiger charge is -2.27. The Morgan fingerprint density at radius 3 is 2.35 bits per heavy atom. The number of aliphatic hydroxyl groups is 1. The zero-order chi connectivity index (χ0) is 24.4. The van der Waals surface area contributed by atoms with Crippen LogP contribution >= 0.6 is 0 Å². The highest BCUT2D eigenvalue weighted by atomic mass is 16.6. The highest BCUT2D eigenvalue weighted by Crippen LogP contribution is 2.46. The van der Waals surface area contributed by atoms with E-state index in [9.17, 15) is 24.8 Å². The largest absolute Gasteiger partial charge is 0.507 e. The molecule has 1 aliphatic heterocycles. The molecule has 1 aliphatic rings. The molecule has 0 bridgehead atoms. The SMILES string of the molecule is COc1ccc(OC)c(C2/C(=C(/O)c3ccccc3)C(=O)C(=O)N2c2cccc([N+](=O)[O-])c2)c1. The standard InChI is InChI=1S/C25H20N2O7/c1-33-18-11-12-20(34-2)19(14-18)22-21(23(28)15-7-4-3-5-8-15)24(29)25(30)26(22)16-9-6-10-17(13-16)27(31)32/h3-14,22,28H,1-2H3/b23-21-. The number of amides is 1. The predicted molar refractivity (Wildman–Crippen MR) is 124 cm³/mol. The van der Waals surface area contributed by atoms with Crippen molar-refractivity contribution in [2.75, 3.05) is 19.1 Å². The number of non-ortho nitro benzene ring substituents is 1. The van der Waals surface area contributed by atoms with Crippen molar-refractivity contribution in [1.82, 2.24) is 0 Å². The summed E-state index contributed by atoms with van der Waals surface area (Å²) in [5, 5.41) is 22.5. The summed E-state index contributed by atoms with van der Waals surface area (Å²) in [5.74, 6) is -1.47. The number of hydrogen-bond acceptors (Lipinski definition) is 7. The number of rotatable bonds is 6. The van der Waals surface area contributed by atoms with E-state index in [1.54, 1.807) is 48.5 Å². The smallest absolute Gasteiger partial charge is 0.300 e. The van der Waals surface area contributed by atoms with Crippen molar-refractivity contribution in [2.24, 2.45) is 0 Å². The molecule has 1 fully saturated rings. The molecule has 1 N–H and O–H groups in total. The second-order valence-corrected chi connectivity index (χ2v) is 7.42. The first kappa shape index (κ1) is 22.5. The quantitative estimate of drug-likeness (QED) is 0.192. The van der Waals surface area contributed by atoms with Crippen LogP contribution in [-0.2, 0) is 9.59 Å². The van der Waals surface area contributed by atoms with Crippen LogP contribution in [0.1, 0.15) is 17.2 Å². The first-order valence-corrected chi connectivity index (χ1v) is 10.2. The third-order valence-corrected chi connectivity index (χ3v) is 5.54. The fraction of sp³-hybridized carbons (Fsp3) is 0.120. The van der Waals surface area contributed by atoms with E-state index < -0.39 is 22.7 Å². The van der Waals surface area contributed by atoms with E-state index in [1.165, 1.54) is 38.5 Å². The maximum Gasteiger partial charge on any atom is 0.300 e. The maximum absolute atomic E-state index is 13.3. The molecule has 1 heterocycles. The van der Waals surface area contributed by atoms with E-state index in [4.69, 9.17) is 9.47 Å². The van der Waals surface area contributed by atoms with E-state index in [0.29, 0.717) is 22.6 Å². The van der Waals surface area contributed by atoms with E-state index in [2.05, 4.69) is 0 Å². The molecule has 3 aromatic carbocycles. The van der Waals surface area contributed by atoms with Gasteiger partial charge in [-0.1, -0.05) is 36.4 Å². The molecular weight excluding hydrogens is 440 g/mol. The fourth-order valence-corrected chi connectivity index (χ4v) is 3.95. The predicted octanol–water partition coefficient (Wildman–Crippen LogP) is 4.24. The molecule has 0 radical (unpaired) electrons. The van der Waals surface area contributed by atoms with Crippen LogP contribution in [-0.4, -0.2) is 35.9 Å². The van der Waals surface area contributed by atoms with Gasteiger partial charge in [0.05, 0.1) is 36.4 Å². The van der Waals surface area contributed by atoms with Crippen LogP contribution in [0.2, 0.25) is 0 Å². The third kappa shape index (κ3) is 3.83. The summed E-state index contributed by atoms with van der Waals surface area (Å²) in [6.45, 7) is 0. The van der Waals surface area contributed by atoms with Gasteiger partial charge < -0.3 is 14.6 Å². The summed E-state index contributed by atoms with van der Waals surface area (Å²) >= 11 is 0. The van der Waals surface area contributed by atoms with Gasteiger partial charge in [-0.3, -0.25) is 24.6 Å². The Morgan fingerprint density at radius 2 is 1.71 bits per heavy atom. The van der Waals surface area contributed by atoms with E-state index >= 15 is 0 Å². The average Bonchev–Trinajstić information content (AvgIpc) is 3.13. The van der Waals surface area contributed by atoms with Crippen molar-refractivity contribution in [3.8, 4) is 11.5 Å². The topological polar surface area (TPSA) is 119 Å². The molecule has 9 nitrogen and oxygen atoms in total. The van der Waals surface area contributed by atoms with Crippen LogP contribution in [0, 0.1) is 10.1 Å². The molecule has 3 aromatic rings. The van der Waals surface area contributed by atoms with Crippen molar-refractivity contribution < 1.29 is 29.1 Å². The number of anilines is 1. The maximum atomic E-state index is 13.3. The van der Waals surface area contributed by atoms with Gasteiger partial charge in [0.1, 0.15) is 17.3 Å². The number of carbonyl (C=O) groups is 2. The average molecular weight is 460 g/mol. The lowest BCUT2D eigenvalue weighted by molar-refractivity contribution is -0.384. The van der Waals surface area contributed by atoms with Crippen molar-refractivity contribution in [3.05, 3.63) is 99.6 Å². The van der Waals surface area contributed by atoms with E-state index in [1.807, 2.05) is 0 Å². The summed E-state index contributed by atoms with van der Waals surface area (Å²) in [4.78, 5) is 38.4. The lowest BCUT2D eigenvalue weighted by atomic mass is 9.94. The number of aliphatic hydroxyl groups excluding tert-OH is 1. The van der Waals surface area contributed by atoms with Crippen molar-refractivity contribution in [3.63, 3.8) is 0 Å². The highest BCUT2D eigenvalue weighted by Gasteiger charge is 2.48. The van der Waals surface area contributed by atoms with Gasteiger partial charge in [-0.25, -0.2) is 0 Å². The summed E-state index contributed by atoms with van der Waals surface area (Å²) < 4.78 is 10.8. The minimum Gasteiger partial charge on any atom is -0.507 e. The third-order valence-electron chi connectivity index (χ3n) is 5.54. The lowest BCUT2D eigenvalue weighted by Crippen LogP contribution is -2.29. The fourth-order valence-electron chi connectivity index (χ4n) is 3.95. The summed E-state index contributed by atoms with van der Waals surface area (Å²) in [5.41, 5.74) is 0.405. The van der Waals surface area contributed by atoms with E-state index in [-0.39, 0.29) is 22.7 Å². The van der Waals surface area contributed by atoms with Gasteiger partial charge in [0.25, 0.3) is 17.4 Å². The Labute approximate surface area is 194 Å². The van der Waals surface area contributed by atoms with Gasteiger partial charge in [0.2, 0.25) is 0 Å². The Bertz CT molecular complexity index is 1320. The van der Waals surface area contributed by atoms with Crippen LogP contribution in [0.25, 0.3) is 5.76 Å². The molecule has 0 spiro atoms. The number of ether oxygens (including phenoxy) is 2. The summed E-state index contributed by atoms with van der Waals surface area (Å²) in [6.07, 6.45) is 0. The van der Waals surface area contributed by atoms with Crippen LogP contribution in [0.5, 0.6) is 11.5 Å². The van der Waals surface area contributed by atoms with Gasteiger partial charge in [0.15, 0.2) is 0 Å². The number of methoxy groups -OCH3 is 2. The molecule has 0 aromatic heterocycles. The van der Waals surface area contributed by atoms with Crippen LogP contribution in [0.15, 0.2) is 78.4 Å². The van der Waals surface area contributed by atoms with Crippen LogP contribution in [0.4, 0.5) is 11.4 Å². The number of hydrogen-bond donors (Lipinski definition) is 1. The minimum absolute atomic E-state index is 0.123. The number of nitro groups is 1. The number of ketones is 1. The van der Waals surface area contributed by atoms with Gasteiger partial charge in [-0.05, 0) is 24.3 Å². The number of nitrogens with zero attached hydrogens (tertiary/aromatic N) is 2. The molecule has 34 heavy (non-hydrogen) atoms. The zero-order valence-electron chi connectivity index (χ0n) is 18.3. The Hall–Kier alpha value is -4.66. The highest BCUT2D eigenvalue weighted by molar-refractivity contribution is 6.51. The van der Waals surface area contributed by atoms with Gasteiger partial charge >= 0.3 is 0 Å². The molecule has 172 valence electrons. The summed E-state index contributed by atoms with van der Waals surface area (Å²) in [6, 6.07) is 17.5. The monoisotopic (exact) mass is 460 g/mol. The van der Waals surface area contributed by atoms with Crippen LogP contribution < -0.4 is 14.4 Å². The molecule has 0 saturated carbocycles. The Balaban J connectivity index is 2.02. The van der Waals surface area contributed by atoms with Crippen molar-refractivity contribution >= 4 is 28.8 Å². The second kappa shape index (κ2) is 9.07. The zero-order valence-corrected chi connectivity index (χ0v) is 18.3. The number of nitro benzene ring substituents is 1. The van der Waals surface area contributed by atoms with Crippen molar-refractivity contribution in [2.45, 2.75) is 6.04 Å². The van der Waals surface area contributed by atoms with Gasteiger partial charge in [-0.15, -0.1) is 0 Å². The number of benzene rings is 3. The van der Waals surface area contributed by atoms with E-state index in [0.717, 1.165) is 4.90 Å². The number of Topliss-reactive ketones (excluding diaryl/α,β-unsaturated/α-hetero) is 1. The molecule has 9 heteroatoms. The molecule has 4 rings (SSSR count). The molecule has 0 aliphatic carbocycles. The molecular formula is C25H20N2O7. The number of carbonyl (C=O) groups excluding carboxylic acids is 2. The first-order chi connectivity index (χ1) is 16.4. The molecule has 1 saturated heterocycles. The summed E-state index contributed by atoms with van der Waals surface area (Å²) in [7, 11) is 2.90. The molecule has 1 atom stereocenters. The first-order valence-electron chi connectivity index (χ1n) is 10.2. The van der Waals surface area contributed by atoms with Gasteiger partial charge in [-0.2, -0.15) is 0 Å². The minimum atomic E-state index is -1.13. The Morgan fingerprint density at radius 1 is 0.971 bits per heavy atom. The molecule has 1 amide bonds. The van der Waals surface area contributed by atoms with Gasteiger partial charge in [0, 0.05) is 23.3 Å². The second-order valence-electron chi connectivity index (χ2n) is 7.42. The van der Waals surface area contributed by atoms with Crippen LogP contribution in [0.3, 0.4) is 0 Å².